The van der Waals surface area contributed by atoms with E-state index in [1.54, 1.807) is 42.6 Å². The average molecular weight is 488 g/mol. The highest BCUT2D eigenvalue weighted by Gasteiger charge is 2.09. The fourth-order valence-corrected chi connectivity index (χ4v) is 3.20. The fraction of sp³-hybridized carbons (Fsp3) is 0.192. The summed E-state index contributed by atoms with van der Waals surface area (Å²) >= 11 is 0. The topological polar surface area (TPSA) is 125 Å². The predicted molar refractivity (Wildman–Crippen MR) is 134 cm³/mol. The van der Waals surface area contributed by atoms with Crippen LogP contribution in [-0.2, 0) is 16.1 Å². The molecule has 0 aliphatic rings. The molecule has 184 valence electrons. The molecule has 2 amide bonds. The Labute approximate surface area is 207 Å². The van der Waals surface area contributed by atoms with Gasteiger partial charge in [-0.3, -0.25) is 10.3 Å². The van der Waals surface area contributed by atoms with E-state index in [1.165, 1.54) is 0 Å². The minimum Gasteiger partial charge on any atom is -0.432 e. The molecule has 0 aliphatic carbocycles. The highest BCUT2D eigenvalue weighted by molar-refractivity contribution is 5.89. The third kappa shape index (κ3) is 6.97. The number of anilines is 1. The van der Waals surface area contributed by atoms with Crippen LogP contribution in [0.25, 0.3) is 22.4 Å². The molecule has 0 unspecified atom stereocenters. The Morgan fingerprint density at radius 3 is 2.50 bits per heavy atom. The molecule has 2 heterocycles. The monoisotopic (exact) mass is 487 g/mol. The lowest BCUT2D eigenvalue weighted by Crippen LogP contribution is -2.28. The Morgan fingerprint density at radius 2 is 1.72 bits per heavy atom. The number of benzene rings is 2. The summed E-state index contributed by atoms with van der Waals surface area (Å²) in [6, 6.07) is 19.5. The van der Waals surface area contributed by atoms with Gasteiger partial charge in [-0.1, -0.05) is 30.3 Å². The first kappa shape index (κ1) is 24.6. The molecule has 0 atom stereocenters. The zero-order chi connectivity index (χ0) is 25.2. The van der Waals surface area contributed by atoms with Crippen LogP contribution < -0.4 is 15.4 Å². The quantitative estimate of drug-likeness (QED) is 0.200. The van der Waals surface area contributed by atoms with Gasteiger partial charge in [0, 0.05) is 12.1 Å². The van der Waals surface area contributed by atoms with E-state index >= 15 is 0 Å². The van der Waals surface area contributed by atoms with E-state index in [9.17, 15) is 9.59 Å². The van der Waals surface area contributed by atoms with Crippen molar-refractivity contribution < 1.29 is 23.8 Å². The number of carbonyl (C=O) groups is 2. The standard InChI is InChI=1S/C26H25N5O5/c1-2-27-25(32)31-23-13-12-21-24(30-23)29-22(16-28-21)19-8-10-20(11-9-19)36-26(33)35-15-14-34-17-18-6-4-3-5-7-18/h3-13,16H,2,14-15,17H2,1H3,(H2,27,29,30,31,32). The zero-order valence-corrected chi connectivity index (χ0v) is 19.6. The summed E-state index contributed by atoms with van der Waals surface area (Å²) in [7, 11) is 0. The molecule has 10 nitrogen and oxygen atoms in total. The lowest BCUT2D eigenvalue weighted by Gasteiger charge is -2.08. The van der Waals surface area contributed by atoms with Crippen LogP contribution in [0.15, 0.2) is 72.9 Å². The van der Waals surface area contributed by atoms with Gasteiger partial charge in [-0.25, -0.2) is 19.6 Å². The van der Waals surface area contributed by atoms with E-state index in [1.807, 2.05) is 37.3 Å². The molecule has 4 rings (SSSR count). The fourth-order valence-electron chi connectivity index (χ4n) is 3.20. The third-order valence-electron chi connectivity index (χ3n) is 4.90. The van der Waals surface area contributed by atoms with Crippen molar-refractivity contribution in [3.8, 4) is 17.0 Å². The summed E-state index contributed by atoms with van der Waals surface area (Å²) in [5.41, 5.74) is 3.36. The number of fused-ring (bicyclic) bond motifs is 1. The Morgan fingerprint density at radius 1 is 0.917 bits per heavy atom. The van der Waals surface area contributed by atoms with E-state index in [2.05, 4.69) is 25.6 Å². The molecular formula is C26H25N5O5. The van der Waals surface area contributed by atoms with Crippen LogP contribution in [0.5, 0.6) is 5.75 Å². The van der Waals surface area contributed by atoms with E-state index in [-0.39, 0.29) is 19.2 Å². The van der Waals surface area contributed by atoms with Crippen molar-refractivity contribution in [1.82, 2.24) is 20.3 Å². The molecule has 0 radical (unpaired) electrons. The van der Waals surface area contributed by atoms with Gasteiger partial charge in [0.1, 0.15) is 23.7 Å². The molecule has 0 aliphatic heterocycles. The molecule has 0 saturated heterocycles. The van der Waals surface area contributed by atoms with Gasteiger partial charge in [-0.15, -0.1) is 0 Å². The maximum absolute atomic E-state index is 11.9. The van der Waals surface area contributed by atoms with E-state index in [0.717, 1.165) is 11.1 Å². The Bertz CT molecular complexity index is 1320. The van der Waals surface area contributed by atoms with Crippen molar-refractivity contribution in [2.24, 2.45) is 0 Å². The molecule has 2 aromatic carbocycles. The number of amides is 2. The molecule has 0 bridgehead atoms. The molecule has 0 fully saturated rings. The van der Waals surface area contributed by atoms with Crippen molar-refractivity contribution in [3.63, 3.8) is 0 Å². The summed E-state index contributed by atoms with van der Waals surface area (Å²) in [4.78, 5) is 36.9. The highest BCUT2D eigenvalue weighted by Crippen LogP contribution is 2.22. The van der Waals surface area contributed by atoms with Gasteiger partial charge in [-0.2, -0.15) is 0 Å². The van der Waals surface area contributed by atoms with Crippen molar-refractivity contribution >= 4 is 29.2 Å². The van der Waals surface area contributed by atoms with Gasteiger partial charge in [0.2, 0.25) is 0 Å². The number of nitrogens with one attached hydrogen (secondary N) is 2. The maximum atomic E-state index is 11.9. The van der Waals surface area contributed by atoms with Gasteiger partial charge < -0.3 is 19.5 Å². The first-order chi connectivity index (χ1) is 17.6. The van der Waals surface area contributed by atoms with Crippen LogP contribution in [0, 0.1) is 0 Å². The van der Waals surface area contributed by atoms with Gasteiger partial charge in [0.05, 0.1) is 25.1 Å². The van der Waals surface area contributed by atoms with Gasteiger partial charge >= 0.3 is 12.2 Å². The van der Waals surface area contributed by atoms with Crippen molar-refractivity contribution in [2.45, 2.75) is 13.5 Å². The molecule has 10 heteroatoms. The van der Waals surface area contributed by atoms with Crippen molar-refractivity contribution in [2.75, 3.05) is 25.1 Å². The third-order valence-corrected chi connectivity index (χ3v) is 4.90. The second kappa shape index (κ2) is 12.2. The summed E-state index contributed by atoms with van der Waals surface area (Å²) in [6.07, 6.45) is 0.813. The van der Waals surface area contributed by atoms with E-state index in [0.29, 0.717) is 41.6 Å². The highest BCUT2D eigenvalue weighted by atomic mass is 16.7. The maximum Gasteiger partial charge on any atom is 0.513 e. The molecule has 2 aromatic heterocycles. The second-order valence-corrected chi connectivity index (χ2v) is 7.54. The number of pyridine rings is 1. The summed E-state index contributed by atoms with van der Waals surface area (Å²) in [5.74, 6) is 0.696. The lowest BCUT2D eigenvalue weighted by molar-refractivity contribution is 0.0463. The SMILES string of the molecule is CCNC(=O)Nc1ccc2ncc(-c3ccc(OC(=O)OCCOCc4ccccc4)cc3)nc2n1. The zero-order valence-electron chi connectivity index (χ0n) is 19.6. The number of urea groups is 1. The lowest BCUT2D eigenvalue weighted by atomic mass is 10.1. The molecule has 36 heavy (non-hydrogen) atoms. The van der Waals surface area contributed by atoms with E-state index in [4.69, 9.17) is 14.2 Å². The van der Waals surface area contributed by atoms with Gasteiger partial charge in [0.15, 0.2) is 5.65 Å². The average Bonchev–Trinajstić information content (AvgIpc) is 2.89. The molecular weight excluding hydrogens is 462 g/mol. The normalized spacial score (nSPS) is 10.6. The molecule has 0 spiro atoms. The minimum absolute atomic E-state index is 0.0837. The smallest absolute Gasteiger partial charge is 0.432 e. The van der Waals surface area contributed by atoms with Crippen LogP contribution in [0.2, 0.25) is 0 Å². The van der Waals surface area contributed by atoms with Crippen molar-refractivity contribution in [3.05, 3.63) is 78.5 Å². The molecule has 0 saturated carbocycles. The minimum atomic E-state index is -0.812. The van der Waals surface area contributed by atoms with Crippen LogP contribution >= 0.6 is 0 Å². The van der Waals surface area contributed by atoms with Crippen LogP contribution in [0.4, 0.5) is 15.4 Å². The largest absolute Gasteiger partial charge is 0.513 e. The number of rotatable bonds is 9. The number of ether oxygens (including phenoxy) is 3. The Kier molecular flexibility index (Phi) is 8.34. The van der Waals surface area contributed by atoms with Crippen LogP contribution in [0.1, 0.15) is 12.5 Å². The van der Waals surface area contributed by atoms with Crippen molar-refractivity contribution in [1.29, 1.82) is 0 Å². The molecule has 4 aromatic rings. The second-order valence-electron chi connectivity index (χ2n) is 7.54. The predicted octanol–water partition coefficient (Wildman–Crippen LogP) is 4.57. The first-order valence-electron chi connectivity index (χ1n) is 11.4. The van der Waals surface area contributed by atoms with Gasteiger partial charge in [0.25, 0.3) is 0 Å². The van der Waals surface area contributed by atoms with Gasteiger partial charge in [-0.05, 0) is 48.9 Å². The number of nitrogens with zero attached hydrogens (tertiary/aromatic N) is 3. The van der Waals surface area contributed by atoms with E-state index < -0.39 is 6.16 Å². The first-order valence-corrected chi connectivity index (χ1v) is 11.4. The Balaban J connectivity index is 1.29. The number of aromatic nitrogens is 3. The van der Waals surface area contributed by atoms with Crippen LogP contribution in [-0.4, -0.2) is 46.9 Å². The number of hydrogen-bond acceptors (Lipinski definition) is 8. The summed E-state index contributed by atoms with van der Waals surface area (Å²) < 4.78 is 15.7. The summed E-state index contributed by atoms with van der Waals surface area (Å²) in [5, 5.41) is 5.30. The number of hydrogen-bond donors (Lipinski definition) is 2. The molecule has 2 N–H and O–H groups in total. The van der Waals surface area contributed by atoms with Crippen LogP contribution in [0.3, 0.4) is 0 Å². The summed E-state index contributed by atoms with van der Waals surface area (Å²) in [6.45, 7) is 3.12. The Hall–Kier alpha value is -4.57. The number of carbonyl (C=O) groups excluding carboxylic acids is 2.